The summed E-state index contributed by atoms with van der Waals surface area (Å²) in [6.45, 7) is 0.135. The molecule has 162 valence electrons. The van der Waals surface area contributed by atoms with Crippen LogP contribution in [0.2, 0.25) is 0 Å². The first-order valence-electron chi connectivity index (χ1n) is 9.52. The van der Waals surface area contributed by atoms with Crippen LogP contribution in [0.1, 0.15) is 5.56 Å². The summed E-state index contributed by atoms with van der Waals surface area (Å²) in [6, 6.07) is 15.3. The van der Waals surface area contributed by atoms with Crippen molar-refractivity contribution in [2.75, 3.05) is 11.1 Å². The molecule has 0 saturated heterocycles. The molecule has 0 fully saturated rings. The molecular formula is C23H16F3N3O2S. The number of nitrogens with one attached hydrogen (secondary N) is 1. The third-order valence-electron chi connectivity index (χ3n) is 4.56. The molecule has 1 amide bonds. The van der Waals surface area contributed by atoms with Crippen molar-refractivity contribution in [3.63, 3.8) is 0 Å². The lowest BCUT2D eigenvalue weighted by atomic mass is 10.2. The summed E-state index contributed by atoms with van der Waals surface area (Å²) >= 11 is 1.01. The van der Waals surface area contributed by atoms with Crippen molar-refractivity contribution in [2.45, 2.75) is 11.7 Å². The van der Waals surface area contributed by atoms with E-state index in [0.717, 1.165) is 23.9 Å². The van der Waals surface area contributed by atoms with Crippen molar-refractivity contribution in [2.24, 2.45) is 0 Å². The zero-order chi connectivity index (χ0) is 22.7. The van der Waals surface area contributed by atoms with Crippen molar-refractivity contribution in [3.8, 4) is 0 Å². The Morgan fingerprint density at radius 1 is 0.938 bits per heavy atom. The third-order valence-corrected chi connectivity index (χ3v) is 5.54. The largest absolute Gasteiger partial charge is 0.325 e. The zero-order valence-electron chi connectivity index (χ0n) is 16.5. The minimum Gasteiger partial charge on any atom is -0.325 e. The number of hydrogen-bond acceptors (Lipinski definition) is 4. The summed E-state index contributed by atoms with van der Waals surface area (Å²) in [5.74, 6) is -2.67. The lowest BCUT2D eigenvalue weighted by Gasteiger charge is -2.13. The number of benzene rings is 3. The van der Waals surface area contributed by atoms with Crippen LogP contribution in [0.25, 0.3) is 10.9 Å². The van der Waals surface area contributed by atoms with Gasteiger partial charge in [0.05, 0.1) is 23.2 Å². The van der Waals surface area contributed by atoms with Crippen molar-refractivity contribution in [1.82, 2.24) is 9.55 Å². The molecule has 3 aromatic carbocycles. The molecule has 0 radical (unpaired) electrons. The van der Waals surface area contributed by atoms with E-state index in [1.807, 2.05) is 0 Å². The number of halogens is 3. The number of aromatic nitrogens is 2. The Hall–Kier alpha value is -3.59. The average Bonchev–Trinajstić information content (AvgIpc) is 2.75. The first kappa shape index (κ1) is 21.6. The van der Waals surface area contributed by atoms with Crippen LogP contribution in [0.15, 0.2) is 76.7 Å². The van der Waals surface area contributed by atoms with Gasteiger partial charge in [0.25, 0.3) is 5.56 Å². The van der Waals surface area contributed by atoms with Gasteiger partial charge in [0.2, 0.25) is 5.91 Å². The van der Waals surface area contributed by atoms with Gasteiger partial charge in [-0.05, 0) is 42.0 Å². The lowest BCUT2D eigenvalue weighted by molar-refractivity contribution is -0.113. The summed E-state index contributed by atoms with van der Waals surface area (Å²) in [5, 5.41) is 3.13. The predicted molar refractivity (Wildman–Crippen MR) is 117 cm³/mol. The van der Waals surface area contributed by atoms with Gasteiger partial charge in [-0.25, -0.2) is 18.2 Å². The first-order valence-corrected chi connectivity index (χ1v) is 10.5. The van der Waals surface area contributed by atoms with E-state index >= 15 is 0 Å². The van der Waals surface area contributed by atoms with Crippen LogP contribution < -0.4 is 10.9 Å². The lowest BCUT2D eigenvalue weighted by Crippen LogP contribution is -2.25. The van der Waals surface area contributed by atoms with Crippen LogP contribution in [0, 0.1) is 17.5 Å². The summed E-state index contributed by atoms with van der Waals surface area (Å²) in [7, 11) is 0. The van der Waals surface area contributed by atoms with Crippen molar-refractivity contribution in [3.05, 3.63) is 100 Å². The van der Waals surface area contributed by atoms with Crippen LogP contribution in [-0.4, -0.2) is 21.2 Å². The molecule has 0 aliphatic rings. The molecule has 0 aliphatic heterocycles. The number of carbonyl (C=O) groups excluding carboxylic acids is 1. The van der Waals surface area contributed by atoms with Gasteiger partial charge in [0.1, 0.15) is 17.5 Å². The summed E-state index contributed by atoms with van der Waals surface area (Å²) in [4.78, 5) is 29.9. The Bertz CT molecular complexity index is 1340. The molecule has 0 unspecified atom stereocenters. The molecule has 1 N–H and O–H groups in total. The number of thioether (sulfide) groups is 1. The minimum absolute atomic E-state index is 0.0109. The number of anilines is 1. The average molecular weight is 455 g/mol. The van der Waals surface area contributed by atoms with E-state index in [0.29, 0.717) is 27.7 Å². The molecule has 9 heteroatoms. The normalized spacial score (nSPS) is 11.0. The quantitative estimate of drug-likeness (QED) is 0.341. The van der Waals surface area contributed by atoms with Crippen molar-refractivity contribution < 1.29 is 18.0 Å². The van der Waals surface area contributed by atoms with Gasteiger partial charge in [-0.3, -0.25) is 14.2 Å². The first-order chi connectivity index (χ1) is 15.4. The minimum atomic E-state index is -0.808. The van der Waals surface area contributed by atoms with Gasteiger partial charge in [-0.15, -0.1) is 0 Å². The maximum atomic E-state index is 13.3. The topological polar surface area (TPSA) is 64.0 Å². The van der Waals surface area contributed by atoms with Gasteiger partial charge in [0, 0.05) is 11.8 Å². The molecule has 0 spiro atoms. The second kappa shape index (κ2) is 9.27. The Labute approximate surface area is 184 Å². The number of para-hydroxylation sites is 1. The van der Waals surface area contributed by atoms with Crippen LogP contribution >= 0.6 is 11.8 Å². The highest BCUT2D eigenvalue weighted by Crippen LogP contribution is 2.20. The van der Waals surface area contributed by atoms with Crippen molar-refractivity contribution in [1.29, 1.82) is 0 Å². The van der Waals surface area contributed by atoms with Crippen LogP contribution in [0.4, 0.5) is 18.9 Å². The molecule has 0 bridgehead atoms. The van der Waals surface area contributed by atoms with Gasteiger partial charge in [-0.2, -0.15) is 0 Å². The van der Waals surface area contributed by atoms with E-state index in [4.69, 9.17) is 0 Å². The third kappa shape index (κ3) is 5.00. The zero-order valence-corrected chi connectivity index (χ0v) is 17.3. The fourth-order valence-corrected chi connectivity index (χ4v) is 3.92. The molecule has 1 aromatic heterocycles. The molecule has 1 heterocycles. The highest BCUT2D eigenvalue weighted by molar-refractivity contribution is 7.99. The van der Waals surface area contributed by atoms with E-state index in [2.05, 4.69) is 10.3 Å². The summed E-state index contributed by atoms with van der Waals surface area (Å²) in [5.41, 5.74) is 0.855. The highest BCUT2D eigenvalue weighted by atomic mass is 32.2. The van der Waals surface area contributed by atoms with Crippen molar-refractivity contribution >= 4 is 34.3 Å². The van der Waals surface area contributed by atoms with Gasteiger partial charge >= 0.3 is 0 Å². The second-order valence-corrected chi connectivity index (χ2v) is 7.87. The Morgan fingerprint density at radius 3 is 2.34 bits per heavy atom. The molecule has 0 saturated carbocycles. The number of nitrogens with zero attached hydrogens (tertiary/aromatic N) is 2. The Morgan fingerprint density at radius 2 is 1.62 bits per heavy atom. The number of hydrogen-bond donors (Lipinski definition) is 1. The molecule has 4 aromatic rings. The van der Waals surface area contributed by atoms with Gasteiger partial charge in [0.15, 0.2) is 5.16 Å². The molecule has 0 atom stereocenters. The predicted octanol–water partition coefficient (Wildman–Crippen LogP) is 4.59. The SMILES string of the molecule is O=C(CSc1nc2ccccc2c(=O)n1Cc1ccc(F)cc1)Nc1cc(F)cc(F)c1. The molecular weight excluding hydrogens is 439 g/mol. The van der Waals surface area contributed by atoms with Crippen LogP contribution in [-0.2, 0) is 11.3 Å². The molecule has 0 aliphatic carbocycles. The fraction of sp³-hybridized carbons (Fsp3) is 0.0870. The molecule has 4 rings (SSSR count). The van der Waals surface area contributed by atoms with E-state index in [1.165, 1.54) is 16.7 Å². The number of rotatable bonds is 6. The summed E-state index contributed by atoms with van der Waals surface area (Å²) < 4.78 is 41.3. The second-order valence-electron chi connectivity index (χ2n) is 6.92. The Balaban J connectivity index is 1.60. The summed E-state index contributed by atoms with van der Waals surface area (Å²) in [6.07, 6.45) is 0. The maximum Gasteiger partial charge on any atom is 0.262 e. The highest BCUT2D eigenvalue weighted by Gasteiger charge is 2.14. The molecule has 32 heavy (non-hydrogen) atoms. The van der Waals surface area contributed by atoms with E-state index in [1.54, 1.807) is 36.4 Å². The maximum absolute atomic E-state index is 13.3. The fourth-order valence-electron chi connectivity index (χ4n) is 3.12. The van der Waals surface area contributed by atoms with E-state index in [-0.39, 0.29) is 23.5 Å². The number of carbonyl (C=O) groups is 1. The standard InChI is InChI=1S/C23H16F3N3O2S/c24-15-7-5-14(6-8-15)12-29-22(31)19-3-1-2-4-20(19)28-23(29)32-13-21(30)27-18-10-16(25)9-17(26)11-18/h1-11H,12-13H2,(H,27,30). The van der Waals surface area contributed by atoms with E-state index < -0.39 is 23.4 Å². The number of amides is 1. The Kier molecular flexibility index (Phi) is 6.27. The molecule has 5 nitrogen and oxygen atoms in total. The van der Waals surface area contributed by atoms with E-state index in [9.17, 15) is 22.8 Å². The van der Waals surface area contributed by atoms with Gasteiger partial charge < -0.3 is 5.32 Å². The monoisotopic (exact) mass is 455 g/mol. The van der Waals surface area contributed by atoms with Gasteiger partial charge in [-0.1, -0.05) is 36.0 Å². The smallest absolute Gasteiger partial charge is 0.262 e. The number of fused-ring (bicyclic) bond motifs is 1. The van der Waals surface area contributed by atoms with Crippen LogP contribution in [0.5, 0.6) is 0 Å². The van der Waals surface area contributed by atoms with Crippen LogP contribution in [0.3, 0.4) is 0 Å².